The number of furan rings is 1. The molecule has 0 atom stereocenters. The van der Waals surface area contributed by atoms with Gasteiger partial charge < -0.3 is 24.4 Å². The second kappa shape index (κ2) is 8.08. The zero-order chi connectivity index (χ0) is 22.9. The van der Waals surface area contributed by atoms with Crippen LogP contribution in [0.5, 0.6) is 5.75 Å². The molecule has 0 unspecified atom stereocenters. The van der Waals surface area contributed by atoms with Gasteiger partial charge in [-0.05, 0) is 40.8 Å². The monoisotopic (exact) mass is 444 g/mol. The van der Waals surface area contributed by atoms with Crippen LogP contribution in [0.2, 0.25) is 0 Å². The summed E-state index contributed by atoms with van der Waals surface area (Å²) in [6, 6.07) is 15.5. The highest BCUT2D eigenvalue weighted by atomic mass is 16.6. The van der Waals surface area contributed by atoms with Crippen molar-refractivity contribution in [2.45, 2.75) is 13.0 Å². The number of carboxylic acids is 1. The second-order valence-electron chi connectivity index (χ2n) is 7.30. The van der Waals surface area contributed by atoms with Gasteiger partial charge >= 0.3 is 11.8 Å². The summed E-state index contributed by atoms with van der Waals surface area (Å²) < 4.78 is 12.8. The molecule has 0 amide bonds. The molecule has 10 heteroatoms. The van der Waals surface area contributed by atoms with Crippen LogP contribution in [0, 0.1) is 10.1 Å². The molecule has 0 bridgehead atoms. The molecule has 0 aliphatic carbocycles. The zero-order valence-electron chi connectivity index (χ0n) is 17.0. The molecule has 164 valence electrons. The molecule has 0 aliphatic rings. The Bertz CT molecular complexity index is 1520. The summed E-state index contributed by atoms with van der Waals surface area (Å²) in [4.78, 5) is 26.3. The first kappa shape index (κ1) is 20.2. The lowest BCUT2D eigenvalue weighted by molar-refractivity contribution is -0.390. The van der Waals surface area contributed by atoms with Gasteiger partial charge in [0.25, 0.3) is 0 Å². The fraction of sp³-hybridized carbons (Fsp3) is 0.0870. The number of nitro groups is 1. The van der Waals surface area contributed by atoms with E-state index < -0.39 is 10.9 Å². The Morgan fingerprint density at radius 2 is 2.03 bits per heavy atom. The highest BCUT2D eigenvalue weighted by molar-refractivity contribution is 5.96. The van der Waals surface area contributed by atoms with Crippen LogP contribution in [0.15, 0.2) is 71.6 Å². The molecule has 5 aromatic rings. The Morgan fingerprint density at radius 3 is 2.85 bits per heavy atom. The van der Waals surface area contributed by atoms with Gasteiger partial charge in [0.05, 0.1) is 12.7 Å². The smallest absolute Gasteiger partial charge is 0.348 e. The van der Waals surface area contributed by atoms with Gasteiger partial charge in [-0.15, -0.1) is 0 Å². The number of carboxylic acid groups (broad SMARTS) is 1. The Kier molecular flexibility index (Phi) is 4.94. The predicted octanol–water partition coefficient (Wildman–Crippen LogP) is 4.26. The second-order valence-corrected chi connectivity index (χ2v) is 7.30. The number of benzene rings is 2. The molecule has 0 fully saturated rings. The van der Waals surface area contributed by atoms with Crippen molar-refractivity contribution in [1.29, 1.82) is 0 Å². The Morgan fingerprint density at radius 1 is 1.18 bits per heavy atom. The van der Waals surface area contributed by atoms with E-state index in [9.17, 15) is 14.9 Å². The maximum absolute atomic E-state index is 11.3. The summed E-state index contributed by atoms with van der Waals surface area (Å²) in [6.07, 6.45) is 2.67. The van der Waals surface area contributed by atoms with Gasteiger partial charge in [0, 0.05) is 22.6 Å². The highest BCUT2D eigenvalue weighted by Gasteiger charge is 2.21. The summed E-state index contributed by atoms with van der Waals surface area (Å²) in [5.74, 6) is -0.624. The van der Waals surface area contributed by atoms with Crippen molar-refractivity contribution >= 4 is 28.3 Å². The first-order valence-electron chi connectivity index (χ1n) is 9.91. The molecule has 0 spiro atoms. The van der Waals surface area contributed by atoms with E-state index in [1.807, 2.05) is 12.1 Å². The molecule has 0 saturated heterocycles. The van der Waals surface area contributed by atoms with E-state index in [-0.39, 0.29) is 18.8 Å². The lowest BCUT2D eigenvalue weighted by atomic mass is 10.0. The van der Waals surface area contributed by atoms with Gasteiger partial charge in [0.1, 0.15) is 23.6 Å². The average Bonchev–Trinajstić information content (AvgIpc) is 3.44. The van der Waals surface area contributed by atoms with Crippen LogP contribution in [0.3, 0.4) is 0 Å². The molecule has 5 rings (SSSR count). The van der Waals surface area contributed by atoms with Gasteiger partial charge in [-0.2, -0.15) is 0 Å². The van der Waals surface area contributed by atoms with Gasteiger partial charge in [-0.25, -0.2) is 4.98 Å². The third-order valence-electron chi connectivity index (χ3n) is 5.19. The molecule has 3 aromatic heterocycles. The zero-order valence-corrected chi connectivity index (χ0v) is 17.0. The quantitative estimate of drug-likeness (QED) is 0.291. The minimum absolute atomic E-state index is 0.145. The van der Waals surface area contributed by atoms with Crippen LogP contribution in [0.25, 0.3) is 27.7 Å². The Hall–Kier alpha value is -4.73. The maximum atomic E-state index is 11.3. The summed E-state index contributed by atoms with van der Waals surface area (Å²) in [5.41, 5.74) is 3.53. The lowest BCUT2D eigenvalue weighted by Crippen LogP contribution is -2.04. The molecule has 10 nitrogen and oxygen atoms in total. The third-order valence-corrected chi connectivity index (χ3v) is 5.19. The largest absolute Gasteiger partial charge is 0.489 e. The molecule has 0 radical (unpaired) electrons. The molecular weight excluding hydrogens is 428 g/mol. The lowest BCUT2D eigenvalue weighted by Gasteiger charge is -2.11. The van der Waals surface area contributed by atoms with Crippen LogP contribution >= 0.6 is 0 Å². The number of aliphatic carboxylic acids is 1. The van der Waals surface area contributed by atoms with Crippen molar-refractivity contribution in [3.05, 3.63) is 88.4 Å². The van der Waals surface area contributed by atoms with E-state index in [0.29, 0.717) is 33.7 Å². The minimum Gasteiger partial charge on any atom is -0.489 e. The fourth-order valence-electron chi connectivity index (χ4n) is 3.78. The molecule has 1 N–H and O–H groups in total. The van der Waals surface area contributed by atoms with Gasteiger partial charge in [-0.1, -0.05) is 27.8 Å². The number of rotatable bonds is 7. The van der Waals surface area contributed by atoms with E-state index in [1.54, 1.807) is 42.7 Å². The molecular formula is C23H16N4O6. The van der Waals surface area contributed by atoms with Gasteiger partial charge in [-0.3, -0.25) is 4.79 Å². The third kappa shape index (κ3) is 3.74. The Labute approximate surface area is 185 Å². The average molecular weight is 444 g/mol. The first-order valence-corrected chi connectivity index (χ1v) is 9.91. The van der Waals surface area contributed by atoms with E-state index in [0.717, 1.165) is 10.9 Å². The van der Waals surface area contributed by atoms with E-state index in [2.05, 4.69) is 10.1 Å². The van der Waals surface area contributed by atoms with Crippen LogP contribution in [0.1, 0.15) is 11.1 Å². The fourth-order valence-corrected chi connectivity index (χ4v) is 3.78. The van der Waals surface area contributed by atoms with Gasteiger partial charge in [0.15, 0.2) is 11.8 Å². The van der Waals surface area contributed by atoms with Crippen molar-refractivity contribution in [3.8, 4) is 17.0 Å². The van der Waals surface area contributed by atoms with Gasteiger partial charge in [0.2, 0.25) is 0 Å². The van der Waals surface area contributed by atoms with Crippen molar-refractivity contribution in [2.75, 3.05) is 0 Å². The van der Waals surface area contributed by atoms with Crippen LogP contribution < -0.4 is 4.74 Å². The molecule has 2 aromatic carbocycles. The number of hydrogen-bond acceptors (Lipinski definition) is 7. The summed E-state index contributed by atoms with van der Waals surface area (Å²) >= 11 is 0. The molecule has 33 heavy (non-hydrogen) atoms. The van der Waals surface area contributed by atoms with Crippen molar-refractivity contribution < 1.29 is 24.0 Å². The number of nitrogens with zero attached hydrogens (tertiary/aromatic N) is 4. The molecule has 0 aliphatic heterocycles. The summed E-state index contributed by atoms with van der Waals surface area (Å²) in [6.45, 7) is 0.174. The van der Waals surface area contributed by atoms with E-state index in [4.69, 9.17) is 14.3 Å². The summed E-state index contributed by atoms with van der Waals surface area (Å²) in [5, 5.41) is 25.3. The van der Waals surface area contributed by atoms with Crippen molar-refractivity contribution in [3.63, 3.8) is 0 Å². The number of ether oxygens (including phenoxy) is 1. The minimum atomic E-state index is -0.942. The summed E-state index contributed by atoms with van der Waals surface area (Å²) in [7, 11) is 0. The number of aromatic nitrogens is 3. The maximum Gasteiger partial charge on any atom is 0.348 e. The standard InChI is InChI=1S/C23H16N4O6/c28-21(29)11-15-3-1-2-4-19(15)33-12-14-9-16-7-8-32-23(16)17(10-14)22-18-5-6-20(27(30)31)26(18)25-13-24-22/h1-10,13H,11-12H2,(H,28,29). The van der Waals surface area contributed by atoms with Crippen LogP contribution in [-0.4, -0.2) is 30.6 Å². The number of hydrogen-bond donors (Lipinski definition) is 1. The molecule has 0 saturated carbocycles. The number of para-hydroxylation sites is 1. The van der Waals surface area contributed by atoms with E-state index in [1.165, 1.54) is 16.9 Å². The van der Waals surface area contributed by atoms with Crippen LogP contribution in [0.4, 0.5) is 5.82 Å². The first-order chi connectivity index (χ1) is 16.0. The van der Waals surface area contributed by atoms with Crippen molar-refractivity contribution in [1.82, 2.24) is 14.6 Å². The number of carbonyl (C=O) groups is 1. The highest BCUT2D eigenvalue weighted by Crippen LogP contribution is 2.34. The Balaban J connectivity index is 1.56. The molecule has 3 heterocycles. The van der Waals surface area contributed by atoms with E-state index >= 15 is 0 Å². The predicted molar refractivity (Wildman–Crippen MR) is 117 cm³/mol. The van der Waals surface area contributed by atoms with Crippen LogP contribution in [-0.2, 0) is 17.8 Å². The normalized spacial score (nSPS) is 11.2. The van der Waals surface area contributed by atoms with Crippen molar-refractivity contribution in [2.24, 2.45) is 0 Å². The SMILES string of the molecule is O=C(O)Cc1ccccc1OCc1cc(-c2ncnn3c([N+](=O)[O-])ccc23)c2occc2c1. The number of fused-ring (bicyclic) bond motifs is 2. The topological polar surface area (TPSA) is 133 Å².